The van der Waals surface area contributed by atoms with Gasteiger partial charge in [0.25, 0.3) is 5.91 Å². The summed E-state index contributed by atoms with van der Waals surface area (Å²) in [7, 11) is 0. The lowest BCUT2D eigenvalue weighted by atomic mass is 10.2. The average Bonchev–Trinajstić information content (AvgIpc) is 2.98. The summed E-state index contributed by atoms with van der Waals surface area (Å²) in [5.74, 6) is -0.617. The maximum Gasteiger partial charge on any atom is 0.338 e. The van der Waals surface area contributed by atoms with Crippen LogP contribution in [0.3, 0.4) is 0 Å². The monoisotopic (exact) mass is 480 g/mol. The van der Waals surface area contributed by atoms with Crippen molar-refractivity contribution in [2.45, 2.75) is 20.4 Å². The highest BCUT2D eigenvalue weighted by Gasteiger charge is 2.13. The number of halogens is 1. The molecule has 134 valence electrons. The highest BCUT2D eigenvalue weighted by molar-refractivity contribution is 14.1. The topological polar surface area (TPSA) is 60.7 Å². The predicted octanol–water partition coefficient (Wildman–Crippen LogP) is 4.25. The van der Waals surface area contributed by atoms with E-state index in [9.17, 15) is 9.59 Å². The number of carbonyl (C=O) groups is 2. The Bertz CT molecular complexity index is 1050. The zero-order valence-corrected chi connectivity index (χ0v) is 17.3. The number of benzene rings is 2. The smallest absolute Gasteiger partial charge is 0.338 e. The maximum atomic E-state index is 12.6. The Kier molecular flexibility index (Phi) is 5.87. The molecule has 3 aromatic rings. The van der Waals surface area contributed by atoms with Crippen molar-refractivity contribution in [3.63, 3.8) is 0 Å². The van der Waals surface area contributed by atoms with Crippen molar-refractivity contribution >= 4 is 56.0 Å². The van der Waals surface area contributed by atoms with Crippen LogP contribution >= 0.6 is 33.9 Å². The molecule has 0 aliphatic rings. The van der Waals surface area contributed by atoms with Crippen LogP contribution in [0.5, 0.6) is 0 Å². The number of esters is 1. The first-order chi connectivity index (χ1) is 12.5. The number of ether oxygens (including phenoxy) is 1. The van der Waals surface area contributed by atoms with Gasteiger partial charge in [-0.3, -0.25) is 4.79 Å². The summed E-state index contributed by atoms with van der Waals surface area (Å²) in [6, 6.07) is 12.8. The highest BCUT2D eigenvalue weighted by atomic mass is 127. The van der Waals surface area contributed by atoms with Gasteiger partial charge in [0.15, 0.2) is 4.80 Å². The van der Waals surface area contributed by atoms with Crippen molar-refractivity contribution in [1.82, 2.24) is 4.57 Å². The van der Waals surface area contributed by atoms with Gasteiger partial charge in [-0.05, 0) is 66.8 Å². The highest BCUT2D eigenvalue weighted by Crippen LogP contribution is 2.20. The largest absolute Gasteiger partial charge is 0.462 e. The van der Waals surface area contributed by atoms with Crippen LogP contribution in [-0.4, -0.2) is 23.1 Å². The lowest BCUT2D eigenvalue weighted by molar-refractivity contribution is 0.0526. The van der Waals surface area contributed by atoms with E-state index < -0.39 is 0 Å². The first-order valence-electron chi connectivity index (χ1n) is 8.19. The van der Waals surface area contributed by atoms with Crippen LogP contribution in [0.15, 0.2) is 47.5 Å². The van der Waals surface area contributed by atoms with E-state index in [0.717, 1.165) is 13.8 Å². The Labute approximate surface area is 168 Å². The summed E-state index contributed by atoms with van der Waals surface area (Å²) in [4.78, 5) is 29.5. The van der Waals surface area contributed by atoms with Crippen molar-refractivity contribution in [1.29, 1.82) is 0 Å². The molecule has 7 heteroatoms. The summed E-state index contributed by atoms with van der Waals surface area (Å²) >= 11 is 3.53. The van der Waals surface area contributed by atoms with E-state index in [-0.39, 0.29) is 11.9 Å². The molecule has 1 aromatic heterocycles. The molecule has 0 bridgehead atoms. The first-order valence-corrected chi connectivity index (χ1v) is 10.1. The predicted molar refractivity (Wildman–Crippen MR) is 110 cm³/mol. The molecule has 0 saturated heterocycles. The van der Waals surface area contributed by atoms with Crippen LogP contribution in [0, 0.1) is 3.57 Å². The third kappa shape index (κ3) is 3.73. The summed E-state index contributed by atoms with van der Waals surface area (Å²) < 4.78 is 8.79. The minimum Gasteiger partial charge on any atom is -0.462 e. The van der Waals surface area contributed by atoms with Crippen LogP contribution in [0.2, 0.25) is 0 Å². The van der Waals surface area contributed by atoms with E-state index in [1.54, 1.807) is 25.1 Å². The summed E-state index contributed by atoms with van der Waals surface area (Å²) in [6.07, 6.45) is 0. The second-order valence-corrected chi connectivity index (χ2v) is 7.60. The number of hydrogen-bond acceptors (Lipinski definition) is 4. The van der Waals surface area contributed by atoms with E-state index in [2.05, 4.69) is 27.6 Å². The normalized spacial score (nSPS) is 11.7. The Morgan fingerprint density at radius 1 is 1.19 bits per heavy atom. The van der Waals surface area contributed by atoms with Crippen LogP contribution in [0.4, 0.5) is 0 Å². The number of hydrogen-bond donors (Lipinski definition) is 0. The van der Waals surface area contributed by atoms with E-state index in [1.165, 1.54) is 11.3 Å². The Morgan fingerprint density at radius 3 is 2.65 bits per heavy atom. The number of fused-ring (bicyclic) bond motifs is 1. The fraction of sp³-hybridized carbons (Fsp3) is 0.211. The number of thiazole rings is 1. The van der Waals surface area contributed by atoms with Crippen LogP contribution in [0.1, 0.15) is 34.6 Å². The average molecular weight is 480 g/mol. The third-order valence-corrected chi connectivity index (χ3v) is 5.79. The molecule has 0 aliphatic heterocycles. The van der Waals surface area contributed by atoms with Gasteiger partial charge in [-0.1, -0.05) is 23.5 Å². The zero-order valence-electron chi connectivity index (χ0n) is 14.4. The van der Waals surface area contributed by atoms with Gasteiger partial charge >= 0.3 is 5.97 Å². The van der Waals surface area contributed by atoms with E-state index in [1.807, 2.05) is 35.8 Å². The summed E-state index contributed by atoms with van der Waals surface area (Å²) in [5.41, 5.74) is 2.03. The number of nitrogens with zero attached hydrogens (tertiary/aromatic N) is 2. The standard InChI is InChI=1S/C19H17IN2O3S/c1-3-22-15-10-9-12(18(24)25-4-2)11-16(15)26-19(22)21-17(23)13-7-5-6-8-14(13)20/h5-11H,3-4H2,1-2H3. The first kappa shape index (κ1) is 18.8. The quantitative estimate of drug-likeness (QED) is 0.415. The molecule has 5 nitrogen and oxygen atoms in total. The van der Waals surface area contributed by atoms with Crippen LogP contribution < -0.4 is 4.80 Å². The van der Waals surface area contributed by atoms with Crippen molar-refractivity contribution < 1.29 is 14.3 Å². The number of carbonyl (C=O) groups excluding carboxylic acids is 2. The number of amides is 1. The number of rotatable bonds is 4. The molecule has 0 aliphatic carbocycles. The Balaban J connectivity index is 2.09. The van der Waals surface area contributed by atoms with E-state index in [0.29, 0.717) is 29.1 Å². The molecule has 1 amide bonds. The lowest BCUT2D eigenvalue weighted by Crippen LogP contribution is -2.16. The molecule has 26 heavy (non-hydrogen) atoms. The van der Waals surface area contributed by atoms with E-state index in [4.69, 9.17) is 4.74 Å². The lowest BCUT2D eigenvalue weighted by Gasteiger charge is -2.03. The van der Waals surface area contributed by atoms with Gasteiger partial charge < -0.3 is 9.30 Å². The molecule has 0 radical (unpaired) electrons. The van der Waals surface area contributed by atoms with Gasteiger partial charge in [0, 0.05) is 10.1 Å². The van der Waals surface area contributed by atoms with Crippen LogP contribution in [0.25, 0.3) is 10.2 Å². The minimum atomic E-state index is -0.348. The molecular weight excluding hydrogens is 463 g/mol. The van der Waals surface area contributed by atoms with Crippen molar-refractivity contribution in [2.75, 3.05) is 6.61 Å². The second-order valence-electron chi connectivity index (χ2n) is 5.43. The maximum absolute atomic E-state index is 12.6. The summed E-state index contributed by atoms with van der Waals surface area (Å²) in [5, 5.41) is 0. The Hall–Kier alpha value is -2.00. The van der Waals surface area contributed by atoms with Crippen LogP contribution in [-0.2, 0) is 11.3 Å². The fourth-order valence-corrected chi connectivity index (χ4v) is 4.34. The molecule has 2 aromatic carbocycles. The SMILES string of the molecule is CCOC(=O)c1ccc2c(c1)sc(=NC(=O)c1ccccc1I)n2CC. The Morgan fingerprint density at radius 2 is 1.96 bits per heavy atom. The number of aromatic nitrogens is 1. The van der Waals surface area contributed by atoms with Gasteiger partial charge in [-0.15, -0.1) is 0 Å². The molecule has 0 fully saturated rings. The third-order valence-electron chi connectivity index (χ3n) is 3.81. The summed E-state index contributed by atoms with van der Waals surface area (Å²) in [6.45, 7) is 4.79. The van der Waals surface area contributed by atoms with Gasteiger partial charge in [0.05, 0.1) is 28.0 Å². The van der Waals surface area contributed by atoms with Crippen molar-refractivity contribution in [3.8, 4) is 0 Å². The second kappa shape index (κ2) is 8.13. The fourth-order valence-electron chi connectivity index (χ4n) is 2.59. The van der Waals surface area contributed by atoms with Gasteiger partial charge in [0.2, 0.25) is 0 Å². The minimum absolute atomic E-state index is 0.269. The molecule has 0 spiro atoms. The zero-order chi connectivity index (χ0) is 18.7. The van der Waals surface area contributed by atoms with Gasteiger partial charge in [-0.2, -0.15) is 4.99 Å². The molecule has 0 unspecified atom stereocenters. The molecule has 0 saturated carbocycles. The van der Waals surface area contributed by atoms with Gasteiger partial charge in [-0.25, -0.2) is 4.79 Å². The van der Waals surface area contributed by atoms with Gasteiger partial charge in [0.1, 0.15) is 0 Å². The molecule has 1 heterocycles. The van der Waals surface area contributed by atoms with E-state index >= 15 is 0 Å². The molecule has 0 atom stereocenters. The van der Waals surface area contributed by atoms with Crippen molar-refractivity contribution in [2.24, 2.45) is 4.99 Å². The molecule has 0 N–H and O–H groups in total. The van der Waals surface area contributed by atoms with Crippen molar-refractivity contribution in [3.05, 3.63) is 62.0 Å². The molecular formula is C19H17IN2O3S. The number of aryl methyl sites for hydroxylation is 1. The molecule has 3 rings (SSSR count).